The molecule has 1 fully saturated rings. The molecule has 0 radical (unpaired) electrons. The van der Waals surface area contributed by atoms with E-state index in [1.807, 2.05) is 36.0 Å². The molecule has 176 valence electrons. The van der Waals surface area contributed by atoms with Gasteiger partial charge >= 0.3 is 0 Å². The van der Waals surface area contributed by atoms with Crippen LogP contribution in [0.15, 0.2) is 48.9 Å². The van der Waals surface area contributed by atoms with Crippen molar-refractivity contribution in [2.45, 2.75) is 52.5 Å². The van der Waals surface area contributed by atoms with Crippen molar-refractivity contribution < 1.29 is 4.79 Å². The highest BCUT2D eigenvalue weighted by molar-refractivity contribution is 6.07. The van der Waals surface area contributed by atoms with Crippen molar-refractivity contribution in [2.75, 3.05) is 18.4 Å². The van der Waals surface area contributed by atoms with Gasteiger partial charge in [0.05, 0.1) is 17.6 Å². The van der Waals surface area contributed by atoms with Crippen LogP contribution in [0.1, 0.15) is 59.8 Å². The SMILES string of the molecule is Cc1ccc(-n2nc(C3CCN(C(C)C)CC3)cc2NC(=O)c2cnn3cc(C)cnc23)cc1. The van der Waals surface area contributed by atoms with Gasteiger partial charge in [-0.05, 0) is 71.3 Å². The maximum Gasteiger partial charge on any atom is 0.262 e. The summed E-state index contributed by atoms with van der Waals surface area (Å²) in [7, 11) is 0. The second kappa shape index (κ2) is 9.02. The molecule has 4 aromatic rings. The molecule has 1 amide bonds. The van der Waals surface area contributed by atoms with Gasteiger partial charge in [-0.3, -0.25) is 4.79 Å². The van der Waals surface area contributed by atoms with Crippen molar-refractivity contribution in [1.29, 1.82) is 0 Å². The quantitative estimate of drug-likeness (QED) is 0.481. The fourth-order valence-corrected chi connectivity index (χ4v) is 4.59. The molecule has 4 heterocycles. The monoisotopic (exact) mass is 457 g/mol. The Balaban J connectivity index is 1.46. The summed E-state index contributed by atoms with van der Waals surface area (Å²) in [6.45, 7) is 10.6. The maximum absolute atomic E-state index is 13.3. The van der Waals surface area contributed by atoms with Crippen LogP contribution in [0.5, 0.6) is 0 Å². The molecule has 0 unspecified atom stereocenters. The predicted octanol–water partition coefficient (Wildman–Crippen LogP) is 4.37. The van der Waals surface area contributed by atoms with Crippen molar-refractivity contribution in [3.8, 4) is 5.69 Å². The zero-order chi connectivity index (χ0) is 23.8. The molecule has 1 aromatic carbocycles. The van der Waals surface area contributed by atoms with E-state index < -0.39 is 0 Å². The van der Waals surface area contributed by atoms with Gasteiger partial charge in [0.15, 0.2) is 5.65 Å². The number of carbonyl (C=O) groups is 1. The number of fused-ring (bicyclic) bond motifs is 1. The Morgan fingerprint density at radius 3 is 2.50 bits per heavy atom. The number of likely N-dealkylation sites (tertiary alicyclic amines) is 1. The molecule has 0 atom stereocenters. The fourth-order valence-electron chi connectivity index (χ4n) is 4.59. The van der Waals surface area contributed by atoms with E-state index in [1.54, 1.807) is 16.9 Å². The molecular formula is C26H31N7O. The largest absolute Gasteiger partial charge is 0.306 e. The van der Waals surface area contributed by atoms with E-state index in [-0.39, 0.29) is 5.91 Å². The molecule has 8 nitrogen and oxygen atoms in total. The second-order valence-electron chi connectivity index (χ2n) is 9.52. The molecule has 0 aliphatic carbocycles. The average Bonchev–Trinajstić information content (AvgIpc) is 3.44. The number of hydrogen-bond donors (Lipinski definition) is 1. The van der Waals surface area contributed by atoms with Crippen LogP contribution in [0.3, 0.4) is 0 Å². The number of carbonyl (C=O) groups excluding carboxylic acids is 1. The van der Waals surface area contributed by atoms with Gasteiger partial charge in [0.1, 0.15) is 11.4 Å². The molecule has 34 heavy (non-hydrogen) atoms. The third-order valence-electron chi connectivity index (χ3n) is 6.66. The Morgan fingerprint density at radius 2 is 1.79 bits per heavy atom. The van der Waals surface area contributed by atoms with Crippen molar-refractivity contribution in [3.05, 3.63) is 71.3 Å². The minimum absolute atomic E-state index is 0.249. The summed E-state index contributed by atoms with van der Waals surface area (Å²) in [6, 6.07) is 10.8. The van der Waals surface area contributed by atoms with E-state index in [0.29, 0.717) is 29.0 Å². The van der Waals surface area contributed by atoms with Gasteiger partial charge in [0.25, 0.3) is 5.91 Å². The van der Waals surface area contributed by atoms with Crippen LogP contribution in [-0.4, -0.2) is 54.3 Å². The van der Waals surface area contributed by atoms with Crippen LogP contribution in [0.4, 0.5) is 5.82 Å². The maximum atomic E-state index is 13.3. The number of aryl methyl sites for hydroxylation is 2. The van der Waals surface area contributed by atoms with Crippen LogP contribution >= 0.6 is 0 Å². The zero-order valence-corrected chi connectivity index (χ0v) is 20.2. The lowest BCUT2D eigenvalue weighted by atomic mass is 9.93. The lowest BCUT2D eigenvalue weighted by molar-refractivity contribution is 0.102. The van der Waals surface area contributed by atoms with Crippen LogP contribution in [0.2, 0.25) is 0 Å². The first-order chi connectivity index (χ1) is 16.4. The Labute approximate surface area is 199 Å². The summed E-state index contributed by atoms with van der Waals surface area (Å²) in [5.41, 5.74) is 5.06. The summed E-state index contributed by atoms with van der Waals surface area (Å²) in [4.78, 5) is 20.2. The van der Waals surface area contributed by atoms with E-state index in [4.69, 9.17) is 5.10 Å². The van der Waals surface area contributed by atoms with Gasteiger partial charge in [0.2, 0.25) is 0 Å². The van der Waals surface area contributed by atoms with E-state index in [2.05, 4.69) is 53.2 Å². The first-order valence-electron chi connectivity index (χ1n) is 11.9. The summed E-state index contributed by atoms with van der Waals surface area (Å²) >= 11 is 0. The van der Waals surface area contributed by atoms with E-state index in [0.717, 1.165) is 42.9 Å². The molecule has 3 aromatic heterocycles. The second-order valence-corrected chi connectivity index (χ2v) is 9.52. The van der Waals surface area contributed by atoms with Crippen LogP contribution in [0.25, 0.3) is 11.3 Å². The molecule has 0 spiro atoms. The highest BCUT2D eigenvalue weighted by atomic mass is 16.1. The third kappa shape index (κ3) is 4.33. The molecule has 8 heteroatoms. The number of rotatable bonds is 5. The van der Waals surface area contributed by atoms with Crippen molar-refractivity contribution in [2.24, 2.45) is 0 Å². The number of nitrogens with zero attached hydrogens (tertiary/aromatic N) is 6. The Bertz CT molecular complexity index is 1310. The van der Waals surface area contributed by atoms with Crippen LogP contribution in [-0.2, 0) is 0 Å². The summed E-state index contributed by atoms with van der Waals surface area (Å²) < 4.78 is 3.47. The molecule has 0 bridgehead atoms. The molecule has 1 aliphatic heterocycles. The molecule has 1 N–H and O–H groups in total. The fraction of sp³-hybridized carbons (Fsp3) is 0.385. The lowest BCUT2D eigenvalue weighted by Crippen LogP contribution is -2.37. The standard InChI is InChI=1S/C26H31N7O/c1-17(2)31-11-9-20(10-12-31)23-13-24(33(30-23)21-7-5-18(3)6-8-21)29-26(34)22-15-28-32-16-19(4)14-27-25(22)32/h5-8,13-17,20H,9-12H2,1-4H3,(H,29,34). The zero-order valence-electron chi connectivity index (χ0n) is 20.2. The highest BCUT2D eigenvalue weighted by Gasteiger charge is 2.26. The minimum Gasteiger partial charge on any atom is -0.306 e. The van der Waals surface area contributed by atoms with Gasteiger partial charge < -0.3 is 10.2 Å². The molecule has 0 saturated carbocycles. The van der Waals surface area contributed by atoms with Gasteiger partial charge in [-0.25, -0.2) is 14.2 Å². The summed E-state index contributed by atoms with van der Waals surface area (Å²) in [5, 5.41) is 12.3. The van der Waals surface area contributed by atoms with Crippen LogP contribution < -0.4 is 5.32 Å². The number of amides is 1. The number of hydrogen-bond acceptors (Lipinski definition) is 5. The van der Waals surface area contributed by atoms with Gasteiger partial charge in [-0.2, -0.15) is 10.2 Å². The number of piperidine rings is 1. The molecule has 1 saturated heterocycles. The van der Waals surface area contributed by atoms with E-state index in [9.17, 15) is 4.79 Å². The molecule has 1 aliphatic rings. The normalized spacial score (nSPS) is 15.3. The Hall–Kier alpha value is -3.52. The summed E-state index contributed by atoms with van der Waals surface area (Å²) in [6.07, 6.45) is 7.29. The topological polar surface area (TPSA) is 80.4 Å². The Morgan fingerprint density at radius 1 is 1.06 bits per heavy atom. The van der Waals surface area contributed by atoms with Crippen LogP contribution in [0, 0.1) is 13.8 Å². The van der Waals surface area contributed by atoms with Crippen molar-refractivity contribution >= 4 is 17.4 Å². The lowest BCUT2D eigenvalue weighted by Gasteiger charge is -2.33. The third-order valence-corrected chi connectivity index (χ3v) is 6.66. The van der Waals surface area contributed by atoms with E-state index >= 15 is 0 Å². The number of anilines is 1. The number of benzene rings is 1. The Kier molecular flexibility index (Phi) is 5.91. The van der Waals surface area contributed by atoms with Crippen molar-refractivity contribution in [3.63, 3.8) is 0 Å². The van der Waals surface area contributed by atoms with E-state index in [1.165, 1.54) is 5.56 Å². The van der Waals surface area contributed by atoms with Gasteiger partial charge in [-0.15, -0.1) is 0 Å². The molecule has 5 rings (SSSR count). The van der Waals surface area contributed by atoms with Gasteiger partial charge in [0, 0.05) is 30.4 Å². The smallest absolute Gasteiger partial charge is 0.262 e. The van der Waals surface area contributed by atoms with Gasteiger partial charge in [-0.1, -0.05) is 17.7 Å². The number of aromatic nitrogens is 5. The molecular weight excluding hydrogens is 426 g/mol. The first-order valence-corrected chi connectivity index (χ1v) is 11.9. The minimum atomic E-state index is -0.249. The first kappa shape index (κ1) is 22.3. The number of nitrogens with one attached hydrogen (secondary N) is 1. The van der Waals surface area contributed by atoms with Crippen molar-refractivity contribution in [1.82, 2.24) is 29.3 Å². The highest BCUT2D eigenvalue weighted by Crippen LogP contribution is 2.31. The average molecular weight is 458 g/mol. The predicted molar refractivity (Wildman–Crippen MR) is 133 cm³/mol. The summed E-state index contributed by atoms with van der Waals surface area (Å²) in [5.74, 6) is 0.779.